The number of aromatic nitrogens is 1. The van der Waals surface area contributed by atoms with Crippen LogP contribution in [0, 0.1) is 36.5 Å². The minimum atomic E-state index is 0.395. The van der Waals surface area contributed by atoms with E-state index >= 15 is 0 Å². The van der Waals surface area contributed by atoms with Crippen LogP contribution in [0.1, 0.15) is 22.3 Å². The summed E-state index contributed by atoms with van der Waals surface area (Å²) in [5.74, 6) is 0. The smallest absolute Gasteiger partial charge is 0.103 e. The zero-order valence-electron chi connectivity index (χ0n) is 13.0. The van der Waals surface area contributed by atoms with Gasteiger partial charge in [0.1, 0.15) is 12.1 Å². The molecule has 3 rings (SSSR count). The lowest BCUT2D eigenvalue weighted by molar-refractivity contribution is 1.36. The first-order valence-electron chi connectivity index (χ1n) is 7.34. The molecule has 0 fully saturated rings. The van der Waals surface area contributed by atoms with E-state index in [1.165, 1.54) is 0 Å². The topological polar surface area (TPSA) is 63.4 Å². The monoisotopic (exact) mass is 297 g/mol. The molecule has 1 aromatic heterocycles. The summed E-state index contributed by atoms with van der Waals surface area (Å²) in [5.41, 5.74) is 6.29. The number of H-pyrrole nitrogens is 1. The predicted molar refractivity (Wildman–Crippen MR) is 90.6 cm³/mol. The molecule has 0 aliphatic heterocycles. The summed E-state index contributed by atoms with van der Waals surface area (Å²) in [7, 11) is 0. The largest absolute Gasteiger partial charge is 0.352 e. The standard InChI is InChI=1S/C20H15N3/c1-13-3-7-15(8-4-13)19-17(11-21)18(12-22)20(23-19)16-9-5-14(2)6-10-16/h3-10,23H,1-2H3. The molecule has 3 nitrogen and oxygen atoms in total. The fourth-order valence-electron chi connectivity index (χ4n) is 2.60. The number of rotatable bonds is 2. The van der Waals surface area contributed by atoms with Gasteiger partial charge in [-0.05, 0) is 25.0 Å². The Bertz CT molecular complexity index is 853. The summed E-state index contributed by atoms with van der Waals surface area (Å²) in [6, 6.07) is 20.2. The molecule has 0 bridgehead atoms. The number of aryl methyl sites for hydroxylation is 2. The summed E-state index contributed by atoms with van der Waals surface area (Å²) in [5, 5.41) is 19.1. The molecule has 0 atom stereocenters. The van der Waals surface area contributed by atoms with Crippen molar-refractivity contribution in [2.24, 2.45) is 0 Å². The van der Waals surface area contributed by atoms with Gasteiger partial charge < -0.3 is 4.98 Å². The first kappa shape index (κ1) is 14.6. The molecule has 0 saturated heterocycles. The molecule has 0 unspecified atom stereocenters. The maximum absolute atomic E-state index is 9.53. The van der Waals surface area contributed by atoms with E-state index in [0.29, 0.717) is 22.5 Å². The van der Waals surface area contributed by atoms with E-state index in [2.05, 4.69) is 17.1 Å². The van der Waals surface area contributed by atoms with Crippen molar-refractivity contribution >= 4 is 0 Å². The van der Waals surface area contributed by atoms with Crippen LogP contribution < -0.4 is 0 Å². The molecule has 1 heterocycles. The Hall–Kier alpha value is -3.30. The number of nitrogens with one attached hydrogen (secondary N) is 1. The average molecular weight is 297 g/mol. The molecule has 23 heavy (non-hydrogen) atoms. The van der Waals surface area contributed by atoms with Crippen molar-refractivity contribution in [3.05, 3.63) is 70.8 Å². The molecule has 110 valence electrons. The van der Waals surface area contributed by atoms with Gasteiger partial charge in [0.05, 0.1) is 22.5 Å². The number of aromatic amines is 1. The van der Waals surface area contributed by atoms with Gasteiger partial charge in [0, 0.05) is 0 Å². The third-order valence-electron chi connectivity index (χ3n) is 3.90. The van der Waals surface area contributed by atoms with Crippen molar-refractivity contribution in [3.63, 3.8) is 0 Å². The molecule has 0 radical (unpaired) electrons. The molecule has 0 aliphatic rings. The Morgan fingerprint density at radius 3 is 1.30 bits per heavy atom. The van der Waals surface area contributed by atoms with Gasteiger partial charge in [0.15, 0.2) is 0 Å². The number of benzene rings is 2. The second-order valence-corrected chi connectivity index (χ2v) is 5.58. The number of nitriles is 2. The lowest BCUT2D eigenvalue weighted by atomic mass is 10.0. The second kappa shape index (κ2) is 5.83. The van der Waals surface area contributed by atoms with Gasteiger partial charge in [0.2, 0.25) is 0 Å². The van der Waals surface area contributed by atoms with Crippen LogP contribution in [-0.2, 0) is 0 Å². The average Bonchev–Trinajstić information content (AvgIpc) is 2.94. The van der Waals surface area contributed by atoms with Crippen LogP contribution in [0.25, 0.3) is 22.5 Å². The van der Waals surface area contributed by atoms with Gasteiger partial charge in [-0.1, -0.05) is 59.7 Å². The van der Waals surface area contributed by atoms with Crippen molar-refractivity contribution in [1.82, 2.24) is 4.98 Å². The highest BCUT2D eigenvalue weighted by Crippen LogP contribution is 2.33. The van der Waals surface area contributed by atoms with E-state index in [4.69, 9.17) is 0 Å². The Morgan fingerprint density at radius 1 is 0.652 bits per heavy atom. The van der Waals surface area contributed by atoms with Crippen LogP contribution in [0.5, 0.6) is 0 Å². The molecular weight excluding hydrogens is 282 g/mol. The third kappa shape index (κ3) is 2.61. The van der Waals surface area contributed by atoms with Crippen LogP contribution in [0.15, 0.2) is 48.5 Å². The highest BCUT2D eigenvalue weighted by Gasteiger charge is 2.19. The van der Waals surface area contributed by atoms with Crippen LogP contribution >= 0.6 is 0 Å². The molecule has 3 heteroatoms. The summed E-state index contributed by atoms with van der Waals surface area (Å²) in [6.45, 7) is 4.03. The van der Waals surface area contributed by atoms with Crippen LogP contribution in [0.4, 0.5) is 0 Å². The molecule has 0 aliphatic carbocycles. The molecule has 0 spiro atoms. The van der Waals surface area contributed by atoms with E-state index in [9.17, 15) is 10.5 Å². The number of nitrogens with zero attached hydrogens (tertiary/aromatic N) is 2. The van der Waals surface area contributed by atoms with E-state index in [-0.39, 0.29) is 0 Å². The zero-order valence-corrected chi connectivity index (χ0v) is 13.0. The third-order valence-corrected chi connectivity index (χ3v) is 3.90. The predicted octanol–water partition coefficient (Wildman–Crippen LogP) is 4.71. The van der Waals surface area contributed by atoms with Crippen molar-refractivity contribution in [3.8, 4) is 34.7 Å². The number of hydrogen-bond donors (Lipinski definition) is 1. The Kier molecular flexibility index (Phi) is 3.71. The Labute approximate surface area is 135 Å². The van der Waals surface area contributed by atoms with Crippen molar-refractivity contribution in [2.75, 3.05) is 0 Å². The van der Waals surface area contributed by atoms with Crippen LogP contribution in [-0.4, -0.2) is 4.98 Å². The first-order chi connectivity index (χ1) is 11.1. The van der Waals surface area contributed by atoms with Crippen molar-refractivity contribution < 1.29 is 0 Å². The fraction of sp³-hybridized carbons (Fsp3) is 0.100. The summed E-state index contributed by atoms with van der Waals surface area (Å²) >= 11 is 0. The number of hydrogen-bond acceptors (Lipinski definition) is 2. The highest BCUT2D eigenvalue weighted by atomic mass is 14.7. The molecule has 1 N–H and O–H groups in total. The minimum absolute atomic E-state index is 0.395. The summed E-state index contributed by atoms with van der Waals surface area (Å²) in [4.78, 5) is 3.28. The molecule has 3 aromatic rings. The molecule has 0 saturated carbocycles. The van der Waals surface area contributed by atoms with Gasteiger partial charge >= 0.3 is 0 Å². The Balaban J connectivity index is 2.23. The van der Waals surface area contributed by atoms with Crippen LogP contribution in [0.2, 0.25) is 0 Å². The van der Waals surface area contributed by atoms with E-state index in [1.54, 1.807) is 0 Å². The van der Waals surface area contributed by atoms with E-state index in [1.807, 2.05) is 62.4 Å². The quantitative estimate of drug-likeness (QED) is 0.744. The zero-order chi connectivity index (χ0) is 16.4. The van der Waals surface area contributed by atoms with Crippen LogP contribution in [0.3, 0.4) is 0 Å². The normalized spacial score (nSPS) is 10.1. The SMILES string of the molecule is Cc1ccc(-c2[nH]c(-c3ccc(C)cc3)c(C#N)c2C#N)cc1. The lowest BCUT2D eigenvalue weighted by Crippen LogP contribution is -1.83. The van der Waals surface area contributed by atoms with Crippen molar-refractivity contribution in [2.45, 2.75) is 13.8 Å². The summed E-state index contributed by atoms with van der Waals surface area (Å²) in [6.07, 6.45) is 0. The second-order valence-electron chi connectivity index (χ2n) is 5.58. The Morgan fingerprint density at radius 2 is 1.00 bits per heavy atom. The summed E-state index contributed by atoms with van der Waals surface area (Å²) < 4.78 is 0. The van der Waals surface area contributed by atoms with Crippen molar-refractivity contribution in [1.29, 1.82) is 10.5 Å². The maximum Gasteiger partial charge on any atom is 0.103 e. The molecule has 0 amide bonds. The maximum atomic E-state index is 9.53. The van der Waals surface area contributed by atoms with E-state index in [0.717, 1.165) is 22.3 Å². The van der Waals surface area contributed by atoms with E-state index < -0.39 is 0 Å². The van der Waals surface area contributed by atoms with Gasteiger partial charge in [-0.25, -0.2) is 0 Å². The van der Waals surface area contributed by atoms with Gasteiger partial charge in [0.25, 0.3) is 0 Å². The van der Waals surface area contributed by atoms with Gasteiger partial charge in [-0.3, -0.25) is 0 Å². The van der Waals surface area contributed by atoms with Gasteiger partial charge in [-0.2, -0.15) is 10.5 Å². The molecular formula is C20H15N3. The first-order valence-corrected chi connectivity index (χ1v) is 7.34. The minimum Gasteiger partial charge on any atom is -0.352 e. The highest BCUT2D eigenvalue weighted by molar-refractivity contribution is 5.81. The van der Waals surface area contributed by atoms with Gasteiger partial charge in [-0.15, -0.1) is 0 Å². The molecule has 2 aromatic carbocycles. The fourth-order valence-corrected chi connectivity index (χ4v) is 2.60. The lowest BCUT2D eigenvalue weighted by Gasteiger charge is -2.01.